The van der Waals surface area contributed by atoms with E-state index in [2.05, 4.69) is 104 Å². The molecule has 4 rings (SSSR count). The van der Waals surface area contributed by atoms with Crippen molar-refractivity contribution in [2.75, 3.05) is 13.1 Å². The van der Waals surface area contributed by atoms with Gasteiger partial charge in [-0.25, -0.2) is 0 Å². The van der Waals surface area contributed by atoms with Gasteiger partial charge in [-0.05, 0) is 46.6 Å². The quantitative estimate of drug-likeness (QED) is 0.464. The van der Waals surface area contributed by atoms with Crippen LogP contribution >= 0.6 is 0 Å². The Kier molecular flexibility index (Phi) is 6.27. The van der Waals surface area contributed by atoms with Crippen molar-refractivity contribution in [3.8, 4) is 0 Å². The van der Waals surface area contributed by atoms with Crippen molar-refractivity contribution in [2.24, 2.45) is 0 Å². The van der Waals surface area contributed by atoms with Crippen LogP contribution in [-0.4, -0.2) is 18.0 Å². The summed E-state index contributed by atoms with van der Waals surface area (Å²) in [6.07, 6.45) is 2.28. The van der Waals surface area contributed by atoms with E-state index in [1.165, 1.54) is 27.8 Å². The molecule has 3 aromatic carbocycles. The highest BCUT2D eigenvalue weighted by Gasteiger charge is 2.19. The molecular weight excluding hydrogens is 350 g/mol. The molecule has 1 heteroatoms. The number of benzene rings is 3. The van der Waals surface area contributed by atoms with Gasteiger partial charge in [-0.15, -0.1) is 0 Å². The van der Waals surface area contributed by atoms with Crippen LogP contribution in [0, 0.1) is 0 Å². The van der Waals surface area contributed by atoms with E-state index in [1.54, 1.807) is 5.57 Å². The molecule has 1 heterocycles. The molecule has 0 radical (unpaired) electrons. The zero-order valence-electron chi connectivity index (χ0n) is 17.6. The summed E-state index contributed by atoms with van der Waals surface area (Å²) in [6.45, 7) is 7.82. The molecular formula is C28H31N. The van der Waals surface area contributed by atoms with Gasteiger partial charge in [-0.2, -0.15) is 0 Å². The van der Waals surface area contributed by atoms with Crippen molar-refractivity contribution >= 4 is 5.57 Å². The van der Waals surface area contributed by atoms with Crippen LogP contribution in [0.4, 0.5) is 0 Å². The fourth-order valence-electron chi connectivity index (χ4n) is 4.28. The molecule has 1 nitrogen and oxygen atoms in total. The second-order valence-corrected chi connectivity index (χ2v) is 8.38. The molecule has 148 valence electrons. The fourth-order valence-corrected chi connectivity index (χ4v) is 4.28. The largest absolute Gasteiger partial charge is 0.298 e. The van der Waals surface area contributed by atoms with Crippen LogP contribution in [0.25, 0.3) is 5.57 Å². The Morgan fingerprint density at radius 3 is 1.72 bits per heavy atom. The second kappa shape index (κ2) is 9.24. The van der Waals surface area contributed by atoms with Gasteiger partial charge in [0.25, 0.3) is 0 Å². The molecule has 0 N–H and O–H groups in total. The van der Waals surface area contributed by atoms with E-state index in [9.17, 15) is 0 Å². The molecule has 29 heavy (non-hydrogen) atoms. The maximum Gasteiger partial charge on any atom is 0.0233 e. The number of likely N-dealkylation sites (tertiary alicyclic amines) is 1. The first-order valence-electron chi connectivity index (χ1n) is 10.8. The van der Waals surface area contributed by atoms with E-state index in [1.807, 2.05) is 0 Å². The topological polar surface area (TPSA) is 3.24 Å². The Hall–Kier alpha value is -2.64. The van der Waals surface area contributed by atoms with Gasteiger partial charge >= 0.3 is 0 Å². The Labute approximate surface area is 175 Å². The summed E-state index contributed by atoms with van der Waals surface area (Å²) in [5.74, 6) is 0.598. The molecule has 0 aromatic heterocycles. The summed E-state index contributed by atoms with van der Waals surface area (Å²) in [5, 5.41) is 0. The van der Waals surface area contributed by atoms with Crippen molar-refractivity contribution < 1.29 is 0 Å². The maximum atomic E-state index is 2.60. The molecule has 0 atom stereocenters. The zero-order valence-corrected chi connectivity index (χ0v) is 17.6. The minimum atomic E-state index is 0.598. The Morgan fingerprint density at radius 2 is 1.24 bits per heavy atom. The van der Waals surface area contributed by atoms with Crippen LogP contribution < -0.4 is 0 Å². The lowest BCUT2D eigenvalue weighted by atomic mass is 9.88. The van der Waals surface area contributed by atoms with E-state index in [-0.39, 0.29) is 0 Å². The van der Waals surface area contributed by atoms with Gasteiger partial charge in [-0.1, -0.05) is 104 Å². The third-order valence-electron chi connectivity index (χ3n) is 5.99. The first-order valence-corrected chi connectivity index (χ1v) is 10.8. The summed E-state index contributed by atoms with van der Waals surface area (Å²) in [4.78, 5) is 2.60. The molecule has 1 aliphatic rings. The molecule has 0 spiro atoms. The van der Waals surface area contributed by atoms with Crippen LogP contribution in [-0.2, 0) is 6.54 Å². The smallest absolute Gasteiger partial charge is 0.0233 e. The second-order valence-electron chi connectivity index (χ2n) is 8.38. The van der Waals surface area contributed by atoms with Crippen molar-refractivity contribution in [3.63, 3.8) is 0 Å². The first-order chi connectivity index (χ1) is 14.2. The van der Waals surface area contributed by atoms with Gasteiger partial charge < -0.3 is 0 Å². The SMILES string of the molecule is CC(C)c1ccc(CN2CCC(=C(c3ccccc3)c3ccccc3)CC2)cc1. The molecule has 1 fully saturated rings. The van der Waals surface area contributed by atoms with E-state index >= 15 is 0 Å². The van der Waals surface area contributed by atoms with Crippen LogP contribution in [0.5, 0.6) is 0 Å². The molecule has 3 aromatic rings. The number of piperidine rings is 1. The van der Waals surface area contributed by atoms with Crippen LogP contribution in [0.15, 0.2) is 90.5 Å². The monoisotopic (exact) mass is 381 g/mol. The van der Waals surface area contributed by atoms with Gasteiger partial charge in [0, 0.05) is 19.6 Å². The standard InChI is InChI=1S/C28H31N/c1-22(2)24-15-13-23(14-16-24)21-29-19-17-27(18-20-29)28(25-9-5-3-6-10-25)26-11-7-4-8-12-26/h3-16,22H,17-21H2,1-2H3. The van der Waals surface area contributed by atoms with Crippen LogP contribution in [0.2, 0.25) is 0 Å². The predicted octanol–water partition coefficient (Wildman–Crippen LogP) is 6.91. The maximum absolute atomic E-state index is 2.60. The average molecular weight is 382 g/mol. The number of nitrogens with zero attached hydrogens (tertiary/aromatic N) is 1. The van der Waals surface area contributed by atoms with Crippen LogP contribution in [0.3, 0.4) is 0 Å². The van der Waals surface area contributed by atoms with E-state index < -0.39 is 0 Å². The molecule has 0 unspecified atom stereocenters. The van der Waals surface area contributed by atoms with Gasteiger partial charge in [0.1, 0.15) is 0 Å². The molecule has 0 aliphatic carbocycles. The molecule has 1 saturated heterocycles. The van der Waals surface area contributed by atoms with E-state index in [0.29, 0.717) is 5.92 Å². The van der Waals surface area contributed by atoms with Gasteiger partial charge in [0.2, 0.25) is 0 Å². The summed E-state index contributed by atoms with van der Waals surface area (Å²) in [5.41, 5.74) is 8.56. The Morgan fingerprint density at radius 1 is 0.724 bits per heavy atom. The minimum Gasteiger partial charge on any atom is -0.298 e. The summed E-state index contributed by atoms with van der Waals surface area (Å²) in [6, 6.07) is 31.0. The predicted molar refractivity (Wildman–Crippen MR) is 124 cm³/mol. The molecule has 0 bridgehead atoms. The molecule has 0 amide bonds. The van der Waals surface area contributed by atoms with Crippen molar-refractivity contribution in [2.45, 2.75) is 39.2 Å². The minimum absolute atomic E-state index is 0.598. The highest BCUT2D eigenvalue weighted by Crippen LogP contribution is 2.32. The fraction of sp³-hybridized carbons (Fsp3) is 0.286. The Bertz CT molecular complexity index is 885. The van der Waals surface area contributed by atoms with Gasteiger partial charge in [0.15, 0.2) is 0 Å². The molecule has 1 aliphatic heterocycles. The van der Waals surface area contributed by atoms with Gasteiger partial charge in [-0.3, -0.25) is 4.90 Å². The lowest BCUT2D eigenvalue weighted by Crippen LogP contribution is -2.30. The number of rotatable bonds is 5. The normalized spacial score (nSPS) is 14.9. The lowest BCUT2D eigenvalue weighted by Gasteiger charge is -2.30. The van der Waals surface area contributed by atoms with E-state index in [0.717, 1.165) is 32.5 Å². The number of hydrogen-bond donors (Lipinski definition) is 0. The highest BCUT2D eigenvalue weighted by molar-refractivity contribution is 5.82. The van der Waals surface area contributed by atoms with Crippen molar-refractivity contribution in [1.82, 2.24) is 4.90 Å². The number of hydrogen-bond acceptors (Lipinski definition) is 1. The highest BCUT2D eigenvalue weighted by atomic mass is 15.1. The summed E-state index contributed by atoms with van der Waals surface area (Å²) >= 11 is 0. The third kappa shape index (κ3) is 4.86. The lowest BCUT2D eigenvalue weighted by molar-refractivity contribution is 0.248. The van der Waals surface area contributed by atoms with Gasteiger partial charge in [0.05, 0.1) is 0 Å². The Balaban J connectivity index is 1.50. The molecule has 0 saturated carbocycles. The summed E-state index contributed by atoms with van der Waals surface area (Å²) < 4.78 is 0. The van der Waals surface area contributed by atoms with E-state index in [4.69, 9.17) is 0 Å². The van der Waals surface area contributed by atoms with Crippen LogP contribution in [0.1, 0.15) is 54.9 Å². The zero-order chi connectivity index (χ0) is 20.1. The van der Waals surface area contributed by atoms with Crippen molar-refractivity contribution in [1.29, 1.82) is 0 Å². The third-order valence-corrected chi connectivity index (χ3v) is 5.99. The van der Waals surface area contributed by atoms with Crippen molar-refractivity contribution in [3.05, 3.63) is 113 Å². The summed E-state index contributed by atoms with van der Waals surface area (Å²) in [7, 11) is 0. The average Bonchev–Trinajstić information content (AvgIpc) is 2.77. The first kappa shape index (κ1) is 19.7.